The molecule has 3 heteroatoms. The molecule has 1 heterocycles. The molecule has 1 aliphatic rings. The van der Waals surface area contributed by atoms with E-state index in [0.29, 0.717) is 0 Å². The fraction of sp³-hybridized carbons (Fsp3) is 0.182. The molecule has 0 aliphatic carbocycles. The molecule has 0 aromatic heterocycles. The highest BCUT2D eigenvalue weighted by molar-refractivity contribution is 5.58. The Hall–Kier alpha value is -1.61. The minimum atomic E-state index is -0.155. The minimum absolute atomic E-state index is 0.0429. The number of nitrogens with zero attached hydrogens (tertiary/aromatic N) is 2. The molecule has 0 amide bonds. The molecule has 0 bridgehead atoms. The van der Waals surface area contributed by atoms with Crippen LogP contribution in [0.5, 0.6) is 0 Å². The average Bonchev–Trinajstić information content (AvgIpc) is 2.61. The molecule has 1 aromatic rings. The van der Waals surface area contributed by atoms with E-state index in [4.69, 9.17) is 0 Å². The lowest BCUT2D eigenvalue weighted by molar-refractivity contribution is -0.0280. The summed E-state index contributed by atoms with van der Waals surface area (Å²) >= 11 is 0. The van der Waals surface area contributed by atoms with E-state index in [1.165, 1.54) is 6.34 Å². The number of hydrogen-bond donors (Lipinski definition) is 1. The third-order valence-corrected chi connectivity index (χ3v) is 2.36. The monoisotopic (exact) mass is 188 g/mol. The van der Waals surface area contributed by atoms with Gasteiger partial charge in [-0.1, -0.05) is 36.4 Å². The lowest BCUT2D eigenvalue weighted by atomic mass is 10.0. The fourth-order valence-corrected chi connectivity index (χ4v) is 1.62. The maximum Gasteiger partial charge on any atom is 0.111 e. The van der Waals surface area contributed by atoms with Gasteiger partial charge in [-0.25, -0.2) is 5.06 Å². The predicted octanol–water partition coefficient (Wildman–Crippen LogP) is 2.02. The van der Waals surface area contributed by atoms with Crippen LogP contribution in [-0.4, -0.2) is 22.7 Å². The zero-order valence-corrected chi connectivity index (χ0v) is 7.74. The van der Waals surface area contributed by atoms with Crippen molar-refractivity contribution >= 4 is 6.34 Å². The van der Waals surface area contributed by atoms with Crippen molar-refractivity contribution in [3.63, 3.8) is 0 Å². The Balaban J connectivity index is 2.28. The standard InChI is InChI=1S/C11H12N2O/c1-2-10-11(12-8-13(10)14)9-6-4-3-5-7-9/h2-8,10-11,14H,1H2. The second-order valence-electron chi connectivity index (χ2n) is 3.23. The third kappa shape index (κ3) is 1.42. The summed E-state index contributed by atoms with van der Waals surface area (Å²) in [6.45, 7) is 3.69. The molecule has 72 valence electrons. The van der Waals surface area contributed by atoms with Gasteiger partial charge in [-0.15, -0.1) is 6.58 Å². The number of aliphatic imine (C=N–C) groups is 1. The molecule has 0 fully saturated rings. The Morgan fingerprint density at radius 3 is 2.71 bits per heavy atom. The van der Waals surface area contributed by atoms with Crippen LogP contribution in [0.1, 0.15) is 11.6 Å². The van der Waals surface area contributed by atoms with Crippen LogP contribution in [0.2, 0.25) is 0 Å². The quantitative estimate of drug-likeness (QED) is 0.721. The topological polar surface area (TPSA) is 35.8 Å². The highest BCUT2D eigenvalue weighted by Gasteiger charge is 2.28. The first-order valence-corrected chi connectivity index (χ1v) is 4.51. The number of benzene rings is 1. The van der Waals surface area contributed by atoms with Gasteiger partial charge in [0.25, 0.3) is 0 Å². The molecule has 2 atom stereocenters. The molecule has 1 aliphatic heterocycles. The zero-order chi connectivity index (χ0) is 9.97. The molecule has 14 heavy (non-hydrogen) atoms. The van der Waals surface area contributed by atoms with Crippen molar-refractivity contribution in [3.05, 3.63) is 48.6 Å². The molecule has 2 rings (SSSR count). The number of hydrogen-bond acceptors (Lipinski definition) is 3. The fourth-order valence-electron chi connectivity index (χ4n) is 1.62. The van der Waals surface area contributed by atoms with Gasteiger partial charge in [-0.05, 0) is 5.56 Å². The van der Waals surface area contributed by atoms with Crippen LogP contribution < -0.4 is 0 Å². The van der Waals surface area contributed by atoms with E-state index < -0.39 is 0 Å². The van der Waals surface area contributed by atoms with Crippen LogP contribution in [-0.2, 0) is 0 Å². The Labute approximate surface area is 83.0 Å². The second-order valence-corrected chi connectivity index (χ2v) is 3.23. The molecule has 0 saturated heterocycles. The maximum absolute atomic E-state index is 9.43. The molecular formula is C11H12N2O. The van der Waals surface area contributed by atoms with Crippen molar-refractivity contribution in [2.75, 3.05) is 0 Å². The lowest BCUT2D eigenvalue weighted by Gasteiger charge is -2.19. The predicted molar refractivity (Wildman–Crippen MR) is 55.3 cm³/mol. The Kier molecular flexibility index (Phi) is 2.33. The summed E-state index contributed by atoms with van der Waals surface area (Å²) < 4.78 is 0. The van der Waals surface area contributed by atoms with Gasteiger partial charge in [-0.2, -0.15) is 0 Å². The van der Waals surface area contributed by atoms with Crippen LogP contribution in [0.4, 0.5) is 0 Å². The largest absolute Gasteiger partial charge is 0.287 e. The molecule has 3 nitrogen and oxygen atoms in total. The summed E-state index contributed by atoms with van der Waals surface area (Å²) in [4.78, 5) is 4.22. The summed E-state index contributed by atoms with van der Waals surface area (Å²) in [5, 5.41) is 10.5. The second kappa shape index (κ2) is 3.64. The van der Waals surface area contributed by atoms with E-state index in [1.807, 2.05) is 30.3 Å². The summed E-state index contributed by atoms with van der Waals surface area (Å²) in [7, 11) is 0. The van der Waals surface area contributed by atoms with Crippen molar-refractivity contribution in [1.82, 2.24) is 5.06 Å². The zero-order valence-electron chi connectivity index (χ0n) is 7.74. The first-order chi connectivity index (χ1) is 6.83. The van der Waals surface area contributed by atoms with E-state index >= 15 is 0 Å². The van der Waals surface area contributed by atoms with Crippen molar-refractivity contribution in [1.29, 1.82) is 0 Å². The van der Waals surface area contributed by atoms with E-state index in [1.54, 1.807) is 6.08 Å². The highest BCUT2D eigenvalue weighted by Crippen LogP contribution is 2.28. The van der Waals surface area contributed by atoms with Gasteiger partial charge >= 0.3 is 0 Å². The van der Waals surface area contributed by atoms with E-state index in [9.17, 15) is 5.21 Å². The molecule has 0 saturated carbocycles. The van der Waals surface area contributed by atoms with Gasteiger partial charge in [0.15, 0.2) is 0 Å². The Morgan fingerprint density at radius 2 is 2.07 bits per heavy atom. The molecule has 0 radical (unpaired) electrons. The van der Waals surface area contributed by atoms with Crippen LogP contribution in [0.25, 0.3) is 0 Å². The van der Waals surface area contributed by atoms with Crippen molar-refractivity contribution in [2.24, 2.45) is 4.99 Å². The summed E-state index contributed by atoms with van der Waals surface area (Å²) in [5.74, 6) is 0. The van der Waals surface area contributed by atoms with Gasteiger partial charge in [0.1, 0.15) is 18.4 Å². The van der Waals surface area contributed by atoms with E-state index in [2.05, 4.69) is 11.6 Å². The summed E-state index contributed by atoms with van der Waals surface area (Å²) in [6, 6.07) is 9.68. The maximum atomic E-state index is 9.43. The van der Waals surface area contributed by atoms with Crippen molar-refractivity contribution in [3.8, 4) is 0 Å². The minimum Gasteiger partial charge on any atom is -0.287 e. The Morgan fingerprint density at radius 1 is 1.36 bits per heavy atom. The molecular weight excluding hydrogens is 176 g/mol. The van der Waals surface area contributed by atoms with Crippen LogP contribution >= 0.6 is 0 Å². The van der Waals surface area contributed by atoms with E-state index in [-0.39, 0.29) is 12.1 Å². The van der Waals surface area contributed by atoms with E-state index in [0.717, 1.165) is 10.6 Å². The normalized spacial score (nSPS) is 25.4. The summed E-state index contributed by atoms with van der Waals surface area (Å²) in [6.07, 6.45) is 3.13. The Bertz CT molecular complexity index is 348. The lowest BCUT2D eigenvalue weighted by Crippen LogP contribution is -2.27. The van der Waals surface area contributed by atoms with Crippen LogP contribution in [0, 0.1) is 0 Å². The van der Waals surface area contributed by atoms with Crippen LogP contribution in [0.15, 0.2) is 48.0 Å². The SMILES string of the molecule is C=CC1C(c2ccccc2)N=CN1O. The van der Waals surface area contributed by atoms with Gasteiger partial charge < -0.3 is 0 Å². The van der Waals surface area contributed by atoms with Gasteiger partial charge in [-0.3, -0.25) is 10.2 Å². The average molecular weight is 188 g/mol. The third-order valence-electron chi connectivity index (χ3n) is 2.36. The number of rotatable bonds is 2. The summed E-state index contributed by atoms with van der Waals surface area (Å²) in [5.41, 5.74) is 1.09. The molecule has 0 spiro atoms. The first-order valence-electron chi connectivity index (χ1n) is 4.51. The molecule has 1 N–H and O–H groups in total. The van der Waals surface area contributed by atoms with Crippen molar-refractivity contribution < 1.29 is 5.21 Å². The van der Waals surface area contributed by atoms with Gasteiger partial charge in [0, 0.05) is 0 Å². The molecule has 2 unspecified atom stereocenters. The van der Waals surface area contributed by atoms with Crippen molar-refractivity contribution in [2.45, 2.75) is 12.1 Å². The number of hydroxylamine groups is 2. The first kappa shape index (κ1) is 8.97. The van der Waals surface area contributed by atoms with Gasteiger partial charge in [0.05, 0.1) is 0 Å². The smallest absolute Gasteiger partial charge is 0.111 e. The van der Waals surface area contributed by atoms with Gasteiger partial charge in [0.2, 0.25) is 0 Å². The highest BCUT2D eigenvalue weighted by atomic mass is 16.5. The van der Waals surface area contributed by atoms with Crippen LogP contribution in [0.3, 0.4) is 0 Å². The molecule has 1 aromatic carbocycles.